The molecule has 0 rings (SSSR count). The summed E-state index contributed by atoms with van der Waals surface area (Å²) >= 11 is 0. The molecule has 0 aliphatic rings. The van der Waals surface area contributed by atoms with Gasteiger partial charge in [-0.3, -0.25) is 0 Å². The first kappa shape index (κ1) is 31.3. The number of hydrogen-bond donors (Lipinski definition) is 0. The van der Waals surface area contributed by atoms with Gasteiger partial charge in [0.25, 0.3) is 0 Å². The summed E-state index contributed by atoms with van der Waals surface area (Å²) in [6, 6.07) is 0. The summed E-state index contributed by atoms with van der Waals surface area (Å²) in [4.78, 5) is 25.6. The van der Waals surface area contributed by atoms with Crippen LogP contribution in [0, 0.1) is 67.4 Å². The van der Waals surface area contributed by atoms with Crippen LogP contribution in [0.2, 0.25) is 0 Å². The number of rotatable bonds is 8. The fourth-order valence-electron chi connectivity index (χ4n) is 1.39. The first-order chi connectivity index (χ1) is 9.62. The molecule has 0 spiro atoms. The molecule has 0 aromatic heterocycles. The number of phosphoric acid groups is 1. The van der Waals surface area contributed by atoms with Crippen LogP contribution in [0.15, 0.2) is 0 Å². The molecule has 2 atom stereocenters. The summed E-state index contributed by atoms with van der Waals surface area (Å²) in [5.41, 5.74) is 0. The Morgan fingerprint density at radius 3 is 1.18 bits per heavy atom. The van der Waals surface area contributed by atoms with E-state index in [2.05, 4.69) is 41.5 Å². The molecule has 0 saturated carbocycles. The van der Waals surface area contributed by atoms with Gasteiger partial charge in [0.2, 0.25) is 0 Å². The van der Waals surface area contributed by atoms with Crippen LogP contribution in [0.1, 0.15) is 79.1 Å². The standard InChI is InChI=1S/2C8H17.Ce.H3O4P/c2*1-4-6-7-8(3)5-2;;1-5(2,3)4/h2*8H,3-7H2,1-2H3;;(H3,1,2,3,4)/q2*-1;+3;/p-3. The summed E-state index contributed by atoms with van der Waals surface area (Å²) in [5, 5.41) is 0. The monoisotopic (exact) mass is 461 g/mol. The van der Waals surface area contributed by atoms with E-state index in [-0.39, 0.29) is 41.7 Å². The fourth-order valence-corrected chi connectivity index (χ4v) is 1.39. The molecule has 0 aliphatic heterocycles. The predicted molar refractivity (Wildman–Crippen MR) is 84.9 cm³/mol. The van der Waals surface area contributed by atoms with Crippen molar-refractivity contribution in [1.82, 2.24) is 0 Å². The van der Waals surface area contributed by atoms with E-state index in [0.717, 1.165) is 0 Å². The third-order valence-corrected chi connectivity index (χ3v) is 3.09. The van der Waals surface area contributed by atoms with E-state index in [1.807, 2.05) is 0 Å². The molecule has 0 saturated heterocycles. The molecule has 133 valence electrons. The molecule has 0 aromatic rings. The largest absolute Gasteiger partial charge is 3.00 e. The smallest absolute Gasteiger partial charge is 0.822 e. The van der Waals surface area contributed by atoms with E-state index in [0.29, 0.717) is 11.8 Å². The summed E-state index contributed by atoms with van der Waals surface area (Å²) in [6.45, 7) is 16.8. The minimum atomic E-state index is -5.39. The van der Waals surface area contributed by atoms with Gasteiger partial charge in [0, 0.05) is 0 Å². The predicted octanol–water partition coefficient (Wildman–Crippen LogP) is 3.25. The van der Waals surface area contributed by atoms with Crippen molar-refractivity contribution >= 4 is 7.82 Å². The van der Waals surface area contributed by atoms with Crippen LogP contribution in [-0.2, 0) is 4.57 Å². The van der Waals surface area contributed by atoms with Gasteiger partial charge >= 0.3 is 41.7 Å². The van der Waals surface area contributed by atoms with Gasteiger partial charge in [0.15, 0.2) is 0 Å². The second kappa shape index (κ2) is 22.5. The van der Waals surface area contributed by atoms with Gasteiger partial charge in [-0.05, 0) is 0 Å². The normalized spacial score (nSPS) is 12.8. The van der Waals surface area contributed by atoms with E-state index >= 15 is 0 Å². The van der Waals surface area contributed by atoms with Crippen molar-refractivity contribution in [2.75, 3.05) is 0 Å². The molecule has 4 nitrogen and oxygen atoms in total. The van der Waals surface area contributed by atoms with Crippen LogP contribution in [0.25, 0.3) is 0 Å². The minimum Gasteiger partial charge on any atom is -0.822 e. The molecule has 6 heteroatoms. The number of hydrogen-bond acceptors (Lipinski definition) is 4. The van der Waals surface area contributed by atoms with Gasteiger partial charge < -0.3 is 33.1 Å². The molecule has 0 amide bonds. The molecule has 1 radical (unpaired) electrons. The van der Waals surface area contributed by atoms with E-state index in [1.165, 1.54) is 51.4 Å². The van der Waals surface area contributed by atoms with Crippen LogP contribution in [0.5, 0.6) is 0 Å². The van der Waals surface area contributed by atoms with Crippen molar-refractivity contribution in [2.45, 2.75) is 79.1 Å². The zero-order valence-electron chi connectivity index (χ0n) is 14.8. The van der Waals surface area contributed by atoms with Crippen molar-refractivity contribution in [3.8, 4) is 0 Å². The molecule has 2 unspecified atom stereocenters. The van der Waals surface area contributed by atoms with Gasteiger partial charge in [-0.2, -0.15) is 19.7 Å². The summed E-state index contributed by atoms with van der Waals surface area (Å²) in [6.07, 6.45) is 10.4. The van der Waals surface area contributed by atoms with E-state index in [4.69, 9.17) is 19.2 Å². The maximum Gasteiger partial charge on any atom is 3.00 e. The Morgan fingerprint density at radius 2 is 1.05 bits per heavy atom. The van der Waals surface area contributed by atoms with E-state index in [9.17, 15) is 0 Å². The molecule has 0 aliphatic carbocycles. The second-order valence-electron chi connectivity index (χ2n) is 5.28. The molecule has 0 bridgehead atoms. The molecule has 0 N–H and O–H groups in total. The molecular weight excluding hydrogens is 427 g/mol. The van der Waals surface area contributed by atoms with Crippen molar-refractivity contribution in [3.05, 3.63) is 13.8 Å². The molecule has 0 aromatic carbocycles. The Bertz CT molecular complexity index is 212. The van der Waals surface area contributed by atoms with E-state index < -0.39 is 7.82 Å². The van der Waals surface area contributed by atoms with Gasteiger partial charge in [-0.1, -0.05) is 79.1 Å². The summed E-state index contributed by atoms with van der Waals surface area (Å²) in [7, 11) is -5.39. The first-order valence-electron chi connectivity index (χ1n) is 8.01. The topological polar surface area (TPSA) is 86.2 Å². The van der Waals surface area contributed by atoms with Crippen LogP contribution < -0.4 is 14.7 Å². The Morgan fingerprint density at radius 1 is 0.818 bits per heavy atom. The minimum absolute atomic E-state index is 0. The van der Waals surface area contributed by atoms with Crippen LogP contribution in [0.3, 0.4) is 0 Å². The average Bonchev–Trinajstić information content (AvgIpc) is 2.40. The zero-order valence-corrected chi connectivity index (χ0v) is 18.8. The van der Waals surface area contributed by atoms with E-state index in [1.54, 1.807) is 0 Å². The molecular formula is C16H34CeO4P-2. The second-order valence-corrected chi connectivity index (χ2v) is 6.17. The zero-order chi connectivity index (χ0) is 17.3. The fraction of sp³-hybridized carbons (Fsp3) is 0.875. The SMILES string of the molecule is O=P([O-])([O-])[O-].[CH2-]C(CC)CCCC.[CH2-]C(CC)CCCC.[Ce+3]. The third-order valence-electron chi connectivity index (χ3n) is 3.09. The van der Waals surface area contributed by atoms with Gasteiger partial charge in [-0.15, -0.1) is 0 Å². The van der Waals surface area contributed by atoms with Gasteiger partial charge in [-0.25, -0.2) is 0 Å². The Hall–Kier alpha value is 1.49. The Kier molecular flexibility index (Phi) is 32.0. The number of unbranched alkanes of at least 4 members (excludes halogenated alkanes) is 2. The maximum absolute atomic E-state index is 8.55. The van der Waals surface area contributed by atoms with Crippen LogP contribution in [-0.4, -0.2) is 0 Å². The quantitative estimate of drug-likeness (QED) is 0.410. The van der Waals surface area contributed by atoms with Crippen LogP contribution >= 0.6 is 7.82 Å². The van der Waals surface area contributed by atoms with Crippen molar-refractivity contribution < 1.29 is 61.0 Å². The Labute approximate surface area is 172 Å². The third kappa shape index (κ3) is 49.6. The Balaban J connectivity index is -0.000000111. The van der Waals surface area contributed by atoms with Gasteiger partial charge in [0.05, 0.1) is 0 Å². The summed E-state index contributed by atoms with van der Waals surface area (Å²) < 4.78 is 8.55. The summed E-state index contributed by atoms with van der Waals surface area (Å²) in [5.74, 6) is 1.41. The average molecular weight is 462 g/mol. The molecule has 0 fully saturated rings. The van der Waals surface area contributed by atoms with Crippen molar-refractivity contribution in [3.63, 3.8) is 0 Å². The van der Waals surface area contributed by atoms with Crippen LogP contribution in [0.4, 0.5) is 0 Å². The molecule has 0 heterocycles. The van der Waals surface area contributed by atoms with Gasteiger partial charge in [0.1, 0.15) is 0 Å². The maximum atomic E-state index is 8.55. The molecule has 22 heavy (non-hydrogen) atoms. The van der Waals surface area contributed by atoms with Crippen molar-refractivity contribution in [1.29, 1.82) is 0 Å². The first-order valence-corrected chi connectivity index (χ1v) is 9.47. The van der Waals surface area contributed by atoms with Crippen molar-refractivity contribution in [2.24, 2.45) is 11.8 Å².